The van der Waals surface area contributed by atoms with Gasteiger partial charge in [0.05, 0.1) is 22.8 Å². The van der Waals surface area contributed by atoms with Gasteiger partial charge in [0.1, 0.15) is 17.7 Å². The van der Waals surface area contributed by atoms with Gasteiger partial charge in [-0.25, -0.2) is 0 Å². The Bertz CT molecular complexity index is 425. The molecule has 2 heterocycles. The molecule has 6 heteroatoms. The molecule has 66 valence electrons. The van der Waals surface area contributed by atoms with E-state index in [0.717, 1.165) is 10.3 Å². The lowest BCUT2D eigenvalue weighted by atomic mass is 10.2. The molecule has 1 aromatic heterocycles. The van der Waals surface area contributed by atoms with Gasteiger partial charge < -0.3 is 11.1 Å². The molecule has 0 radical (unpaired) electrons. The average Bonchev–Trinajstić information content (AvgIpc) is 2.50. The van der Waals surface area contributed by atoms with Gasteiger partial charge in [0.15, 0.2) is 0 Å². The van der Waals surface area contributed by atoms with Gasteiger partial charge in [0.25, 0.3) is 0 Å². The number of halogens is 1. The van der Waals surface area contributed by atoms with Crippen molar-refractivity contribution in [2.45, 2.75) is 0 Å². The number of hydrogen-bond acceptors (Lipinski definition) is 4. The van der Waals surface area contributed by atoms with Crippen LogP contribution >= 0.6 is 15.9 Å². The van der Waals surface area contributed by atoms with Gasteiger partial charge in [-0.05, 0) is 15.9 Å². The highest BCUT2D eigenvalue weighted by atomic mass is 79.9. The SMILES string of the molecule is N#CC1=C(N)n2ncc(Br)c2NC1. The van der Waals surface area contributed by atoms with E-state index < -0.39 is 0 Å². The number of anilines is 1. The van der Waals surface area contributed by atoms with Crippen LogP contribution < -0.4 is 11.1 Å². The zero-order valence-electron chi connectivity index (χ0n) is 6.58. The summed E-state index contributed by atoms with van der Waals surface area (Å²) in [5, 5.41) is 15.8. The maximum absolute atomic E-state index is 8.71. The van der Waals surface area contributed by atoms with E-state index in [1.165, 1.54) is 4.68 Å². The topological polar surface area (TPSA) is 79.7 Å². The van der Waals surface area contributed by atoms with Crippen LogP contribution in [0.25, 0.3) is 5.82 Å². The van der Waals surface area contributed by atoms with Crippen LogP contribution in [0.2, 0.25) is 0 Å². The number of rotatable bonds is 0. The van der Waals surface area contributed by atoms with Crippen molar-refractivity contribution in [3.05, 3.63) is 16.2 Å². The van der Waals surface area contributed by atoms with E-state index >= 15 is 0 Å². The summed E-state index contributed by atoms with van der Waals surface area (Å²) >= 11 is 3.31. The lowest BCUT2D eigenvalue weighted by molar-refractivity contribution is 0.859. The van der Waals surface area contributed by atoms with E-state index in [1.807, 2.05) is 6.07 Å². The van der Waals surface area contributed by atoms with E-state index in [-0.39, 0.29) is 0 Å². The van der Waals surface area contributed by atoms with Gasteiger partial charge in [0.2, 0.25) is 0 Å². The molecular weight excluding hydrogens is 234 g/mol. The van der Waals surface area contributed by atoms with Crippen LogP contribution in [0.4, 0.5) is 5.82 Å². The Labute approximate surface area is 83.0 Å². The first kappa shape index (κ1) is 8.13. The summed E-state index contributed by atoms with van der Waals surface area (Å²) in [6, 6.07) is 2.02. The Hall–Kier alpha value is -1.48. The summed E-state index contributed by atoms with van der Waals surface area (Å²) in [7, 11) is 0. The van der Waals surface area contributed by atoms with Crippen LogP contribution in [-0.4, -0.2) is 16.3 Å². The highest BCUT2D eigenvalue weighted by Gasteiger charge is 2.18. The highest BCUT2D eigenvalue weighted by molar-refractivity contribution is 9.10. The minimum Gasteiger partial charge on any atom is -0.383 e. The fraction of sp³-hybridized carbons (Fsp3) is 0.143. The monoisotopic (exact) mass is 239 g/mol. The number of hydrogen-bond donors (Lipinski definition) is 2. The minimum absolute atomic E-state index is 0.391. The number of nitriles is 1. The lowest BCUT2D eigenvalue weighted by Crippen LogP contribution is -2.23. The first-order valence-electron chi connectivity index (χ1n) is 3.60. The van der Waals surface area contributed by atoms with Crippen molar-refractivity contribution < 1.29 is 0 Å². The van der Waals surface area contributed by atoms with Crippen molar-refractivity contribution in [3.63, 3.8) is 0 Å². The van der Waals surface area contributed by atoms with E-state index in [2.05, 4.69) is 26.3 Å². The highest BCUT2D eigenvalue weighted by Crippen LogP contribution is 2.27. The molecule has 1 aliphatic rings. The average molecular weight is 240 g/mol. The summed E-state index contributed by atoms with van der Waals surface area (Å²) in [6.45, 7) is 0.451. The number of nitrogens with zero attached hydrogens (tertiary/aromatic N) is 3. The maximum atomic E-state index is 8.71. The second-order valence-corrected chi connectivity index (χ2v) is 3.44. The zero-order valence-corrected chi connectivity index (χ0v) is 8.17. The molecule has 0 bridgehead atoms. The third-order valence-corrected chi connectivity index (χ3v) is 2.41. The van der Waals surface area contributed by atoms with Crippen molar-refractivity contribution in [2.75, 3.05) is 11.9 Å². The normalized spacial score (nSPS) is 14.8. The lowest BCUT2D eigenvalue weighted by Gasteiger charge is -2.16. The van der Waals surface area contributed by atoms with Gasteiger partial charge in [-0.15, -0.1) is 0 Å². The fourth-order valence-electron chi connectivity index (χ4n) is 1.16. The Morgan fingerprint density at radius 1 is 1.77 bits per heavy atom. The largest absolute Gasteiger partial charge is 0.383 e. The van der Waals surface area contributed by atoms with Crippen molar-refractivity contribution in [2.24, 2.45) is 5.73 Å². The summed E-state index contributed by atoms with van der Waals surface area (Å²) in [6.07, 6.45) is 1.63. The predicted molar refractivity (Wildman–Crippen MR) is 51.4 cm³/mol. The van der Waals surface area contributed by atoms with Crippen LogP contribution in [0.15, 0.2) is 16.2 Å². The van der Waals surface area contributed by atoms with Crippen LogP contribution in [-0.2, 0) is 0 Å². The van der Waals surface area contributed by atoms with E-state index in [1.54, 1.807) is 6.20 Å². The molecule has 0 saturated carbocycles. The molecule has 5 nitrogen and oxygen atoms in total. The van der Waals surface area contributed by atoms with Crippen LogP contribution in [0.3, 0.4) is 0 Å². The van der Waals surface area contributed by atoms with E-state index in [9.17, 15) is 0 Å². The number of nitrogens with two attached hydrogens (primary N) is 1. The van der Waals surface area contributed by atoms with Crippen molar-refractivity contribution in [1.82, 2.24) is 9.78 Å². The molecule has 1 aromatic rings. The second-order valence-electron chi connectivity index (χ2n) is 2.58. The van der Waals surface area contributed by atoms with Gasteiger partial charge in [-0.2, -0.15) is 15.0 Å². The predicted octanol–water partition coefficient (Wildman–Crippen LogP) is 0.722. The first-order chi connectivity index (χ1) is 6.24. The smallest absolute Gasteiger partial charge is 0.146 e. The van der Waals surface area contributed by atoms with E-state index in [0.29, 0.717) is 17.9 Å². The molecule has 0 spiro atoms. The molecule has 0 fully saturated rings. The van der Waals surface area contributed by atoms with Crippen LogP contribution in [0.1, 0.15) is 0 Å². The molecule has 2 rings (SSSR count). The summed E-state index contributed by atoms with van der Waals surface area (Å²) in [5.74, 6) is 1.18. The Morgan fingerprint density at radius 2 is 2.54 bits per heavy atom. The van der Waals surface area contributed by atoms with E-state index in [4.69, 9.17) is 11.0 Å². The molecule has 0 amide bonds. The van der Waals surface area contributed by atoms with Crippen molar-refractivity contribution >= 4 is 27.6 Å². The third-order valence-electron chi connectivity index (χ3n) is 1.83. The summed E-state index contributed by atoms with van der Waals surface area (Å²) in [5.41, 5.74) is 6.21. The second kappa shape index (κ2) is 2.78. The van der Waals surface area contributed by atoms with Crippen LogP contribution in [0, 0.1) is 11.3 Å². The summed E-state index contributed by atoms with van der Waals surface area (Å²) in [4.78, 5) is 0. The molecule has 3 N–H and O–H groups in total. The number of aromatic nitrogens is 2. The van der Waals surface area contributed by atoms with Crippen molar-refractivity contribution in [1.29, 1.82) is 5.26 Å². The zero-order chi connectivity index (χ0) is 9.42. The number of nitrogens with one attached hydrogen (secondary N) is 1. The standard InChI is InChI=1S/C7H6BrN5/c8-5-3-12-13-6(10)4(1-9)2-11-7(5)13/h3,11H,2,10H2. The van der Waals surface area contributed by atoms with Gasteiger partial charge in [0, 0.05) is 0 Å². The quantitative estimate of drug-likeness (QED) is 0.700. The first-order valence-corrected chi connectivity index (χ1v) is 4.40. The summed E-state index contributed by atoms with van der Waals surface area (Å²) < 4.78 is 2.35. The van der Waals surface area contributed by atoms with Crippen molar-refractivity contribution in [3.8, 4) is 6.07 Å². The molecular formula is C7H6BrN5. The Kier molecular flexibility index (Phi) is 1.74. The number of fused-ring (bicyclic) bond motifs is 1. The van der Waals surface area contributed by atoms with Crippen LogP contribution in [0.5, 0.6) is 0 Å². The Balaban J connectivity index is 2.61. The molecule has 13 heavy (non-hydrogen) atoms. The molecule has 0 unspecified atom stereocenters. The third kappa shape index (κ3) is 1.09. The Morgan fingerprint density at radius 3 is 3.23 bits per heavy atom. The fourth-order valence-corrected chi connectivity index (χ4v) is 1.56. The van der Waals surface area contributed by atoms with Gasteiger partial charge >= 0.3 is 0 Å². The molecule has 1 aliphatic heterocycles. The molecule has 0 aromatic carbocycles. The maximum Gasteiger partial charge on any atom is 0.146 e. The minimum atomic E-state index is 0.391. The molecule has 0 saturated heterocycles. The van der Waals surface area contributed by atoms with Gasteiger partial charge in [-0.3, -0.25) is 0 Å². The van der Waals surface area contributed by atoms with Gasteiger partial charge in [-0.1, -0.05) is 0 Å². The molecule has 0 atom stereocenters. The molecule has 0 aliphatic carbocycles.